The minimum absolute atomic E-state index is 0.132. The predicted molar refractivity (Wildman–Crippen MR) is 72.0 cm³/mol. The molecular weight excluding hydrogens is 226 g/mol. The second-order valence-corrected chi connectivity index (χ2v) is 4.44. The molecule has 0 fully saturated rings. The summed E-state index contributed by atoms with van der Waals surface area (Å²) in [5.41, 5.74) is 2.74. The third kappa shape index (κ3) is 2.45. The van der Waals surface area contributed by atoms with Crippen LogP contribution in [0.25, 0.3) is 0 Å². The molecule has 1 aromatic carbocycles. The van der Waals surface area contributed by atoms with Crippen molar-refractivity contribution in [3.8, 4) is 5.75 Å². The van der Waals surface area contributed by atoms with Gasteiger partial charge in [-0.15, -0.1) is 0 Å². The van der Waals surface area contributed by atoms with Crippen molar-refractivity contribution in [3.05, 3.63) is 63.6 Å². The van der Waals surface area contributed by atoms with E-state index in [-0.39, 0.29) is 11.2 Å². The van der Waals surface area contributed by atoms with Gasteiger partial charge >= 0.3 is 0 Å². The predicted octanol–water partition coefficient (Wildman–Crippen LogP) is 2.47. The molecule has 2 rings (SSSR count). The minimum atomic E-state index is -0.313. The maximum atomic E-state index is 11.4. The quantitative estimate of drug-likeness (QED) is 0.899. The minimum Gasteiger partial charge on any atom is -0.503 e. The average Bonchev–Trinajstić information content (AvgIpc) is 2.37. The first kappa shape index (κ1) is 12.4. The highest BCUT2D eigenvalue weighted by molar-refractivity contribution is 5.28. The normalized spacial score (nSPS) is 10.6. The number of benzene rings is 1. The Hall–Kier alpha value is -2.03. The fourth-order valence-electron chi connectivity index (χ4n) is 2.01. The molecule has 0 saturated carbocycles. The molecular formula is C15H17NO2. The molecule has 0 atom stereocenters. The van der Waals surface area contributed by atoms with E-state index in [1.165, 1.54) is 11.6 Å². The number of nitrogens with zero attached hydrogens (tertiary/aromatic N) is 1. The molecule has 0 saturated heterocycles. The van der Waals surface area contributed by atoms with Crippen molar-refractivity contribution in [1.82, 2.24) is 4.57 Å². The van der Waals surface area contributed by atoms with E-state index >= 15 is 0 Å². The van der Waals surface area contributed by atoms with Crippen molar-refractivity contribution >= 4 is 0 Å². The molecule has 0 aliphatic carbocycles. The van der Waals surface area contributed by atoms with E-state index < -0.39 is 0 Å². The Balaban J connectivity index is 2.37. The molecule has 0 amide bonds. The van der Waals surface area contributed by atoms with Crippen LogP contribution in [0.15, 0.2) is 41.3 Å². The topological polar surface area (TPSA) is 42.2 Å². The monoisotopic (exact) mass is 243 g/mol. The molecule has 0 bridgehead atoms. The zero-order valence-electron chi connectivity index (χ0n) is 10.7. The van der Waals surface area contributed by atoms with E-state index in [1.54, 1.807) is 6.20 Å². The number of aryl methyl sites for hydroxylation is 1. The summed E-state index contributed by atoms with van der Waals surface area (Å²) < 4.78 is 1.92. The van der Waals surface area contributed by atoms with Crippen molar-refractivity contribution in [1.29, 1.82) is 0 Å². The molecule has 2 aromatic rings. The number of pyridine rings is 1. The number of hydrogen-bond donors (Lipinski definition) is 1. The summed E-state index contributed by atoms with van der Waals surface area (Å²) in [4.78, 5) is 11.4. The standard InChI is InChI=1S/C15H17NO2/c1-3-13-15(18)14(17)8-9-16(13)10-12-6-4-11(2)5-7-12/h4-9,18H,3,10H2,1-2H3. The van der Waals surface area contributed by atoms with Gasteiger partial charge in [0.15, 0.2) is 5.75 Å². The molecule has 0 unspecified atom stereocenters. The highest BCUT2D eigenvalue weighted by atomic mass is 16.3. The molecule has 0 spiro atoms. The molecule has 1 N–H and O–H groups in total. The average molecular weight is 243 g/mol. The van der Waals surface area contributed by atoms with Gasteiger partial charge in [-0.1, -0.05) is 36.8 Å². The smallest absolute Gasteiger partial charge is 0.223 e. The van der Waals surface area contributed by atoms with Crippen LogP contribution < -0.4 is 5.43 Å². The summed E-state index contributed by atoms with van der Waals surface area (Å²) >= 11 is 0. The van der Waals surface area contributed by atoms with Gasteiger partial charge in [0, 0.05) is 18.8 Å². The maximum absolute atomic E-state index is 11.4. The first-order chi connectivity index (χ1) is 8.61. The van der Waals surface area contributed by atoms with Crippen molar-refractivity contribution in [2.45, 2.75) is 26.8 Å². The number of aromatic hydroxyl groups is 1. The lowest BCUT2D eigenvalue weighted by Gasteiger charge is -2.13. The van der Waals surface area contributed by atoms with Crippen LogP contribution in [-0.2, 0) is 13.0 Å². The summed E-state index contributed by atoms with van der Waals surface area (Å²) in [5, 5.41) is 9.77. The van der Waals surface area contributed by atoms with Crippen LogP contribution in [0.4, 0.5) is 0 Å². The molecule has 0 aliphatic heterocycles. The molecule has 0 aliphatic rings. The van der Waals surface area contributed by atoms with Gasteiger partial charge in [-0.3, -0.25) is 4.79 Å². The molecule has 1 heterocycles. The van der Waals surface area contributed by atoms with Crippen LogP contribution in [0.1, 0.15) is 23.7 Å². The molecule has 3 heteroatoms. The zero-order valence-corrected chi connectivity index (χ0v) is 10.7. The Labute approximate surface area is 106 Å². The SMILES string of the molecule is CCc1c(O)c(=O)ccn1Cc1ccc(C)cc1. The molecule has 94 valence electrons. The summed E-state index contributed by atoms with van der Waals surface area (Å²) in [6, 6.07) is 9.64. The second kappa shape index (κ2) is 5.08. The van der Waals surface area contributed by atoms with E-state index in [0.29, 0.717) is 18.7 Å². The van der Waals surface area contributed by atoms with Crippen molar-refractivity contribution < 1.29 is 5.11 Å². The van der Waals surface area contributed by atoms with Crippen molar-refractivity contribution in [3.63, 3.8) is 0 Å². The van der Waals surface area contributed by atoms with Gasteiger partial charge in [-0.25, -0.2) is 0 Å². The molecule has 0 radical (unpaired) electrons. The Bertz CT molecular complexity index is 597. The third-order valence-electron chi connectivity index (χ3n) is 3.07. The van der Waals surface area contributed by atoms with Crippen LogP contribution in [0.5, 0.6) is 5.75 Å². The van der Waals surface area contributed by atoms with E-state index in [0.717, 1.165) is 5.56 Å². The molecule has 1 aromatic heterocycles. The van der Waals surface area contributed by atoms with E-state index in [9.17, 15) is 9.90 Å². The van der Waals surface area contributed by atoms with Crippen LogP contribution in [0, 0.1) is 6.92 Å². The Morgan fingerprint density at radius 2 is 1.83 bits per heavy atom. The van der Waals surface area contributed by atoms with E-state index in [1.807, 2.05) is 18.4 Å². The Morgan fingerprint density at radius 1 is 1.17 bits per heavy atom. The summed E-state index contributed by atoms with van der Waals surface area (Å²) in [6.07, 6.45) is 2.37. The lowest BCUT2D eigenvalue weighted by molar-refractivity contribution is 0.451. The van der Waals surface area contributed by atoms with Gasteiger partial charge < -0.3 is 9.67 Å². The van der Waals surface area contributed by atoms with Crippen molar-refractivity contribution in [2.24, 2.45) is 0 Å². The highest BCUT2D eigenvalue weighted by Crippen LogP contribution is 2.14. The fraction of sp³-hybridized carbons (Fsp3) is 0.267. The number of aromatic nitrogens is 1. The van der Waals surface area contributed by atoms with Crippen LogP contribution in [0.2, 0.25) is 0 Å². The number of rotatable bonds is 3. The van der Waals surface area contributed by atoms with Gasteiger partial charge in [0.05, 0.1) is 5.69 Å². The Morgan fingerprint density at radius 3 is 2.44 bits per heavy atom. The summed E-state index contributed by atoms with van der Waals surface area (Å²) in [6.45, 7) is 4.64. The first-order valence-corrected chi connectivity index (χ1v) is 6.08. The lowest BCUT2D eigenvalue weighted by Crippen LogP contribution is -2.12. The van der Waals surface area contributed by atoms with Crippen LogP contribution in [-0.4, -0.2) is 9.67 Å². The fourth-order valence-corrected chi connectivity index (χ4v) is 2.01. The van der Waals surface area contributed by atoms with Gasteiger partial charge in [-0.2, -0.15) is 0 Å². The maximum Gasteiger partial charge on any atom is 0.223 e. The van der Waals surface area contributed by atoms with E-state index in [4.69, 9.17) is 0 Å². The van der Waals surface area contributed by atoms with Crippen LogP contribution in [0.3, 0.4) is 0 Å². The largest absolute Gasteiger partial charge is 0.503 e. The second-order valence-electron chi connectivity index (χ2n) is 4.44. The third-order valence-corrected chi connectivity index (χ3v) is 3.07. The zero-order chi connectivity index (χ0) is 13.1. The highest BCUT2D eigenvalue weighted by Gasteiger charge is 2.08. The number of hydrogen-bond acceptors (Lipinski definition) is 2. The van der Waals surface area contributed by atoms with Crippen molar-refractivity contribution in [2.75, 3.05) is 0 Å². The molecule has 3 nitrogen and oxygen atoms in total. The van der Waals surface area contributed by atoms with Gasteiger partial charge in [0.1, 0.15) is 0 Å². The van der Waals surface area contributed by atoms with Gasteiger partial charge in [0.25, 0.3) is 0 Å². The summed E-state index contributed by atoms with van der Waals surface area (Å²) in [7, 11) is 0. The van der Waals surface area contributed by atoms with Gasteiger partial charge in [-0.05, 0) is 18.9 Å². The van der Waals surface area contributed by atoms with E-state index in [2.05, 4.69) is 24.3 Å². The first-order valence-electron chi connectivity index (χ1n) is 6.08. The molecule has 18 heavy (non-hydrogen) atoms. The van der Waals surface area contributed by atoms with Gasteiger partial charge in [0.2, 0.25) is 5.43 Å². The Kier molecular flexibility index (Phi) is 3.51. The lowest BCUT2D eigenvalue weighted by atomic mass is 10.1. The van der Waals surface area contributed by atoms with Crippen LogP contribution >= 0.6 is 0 Å². The summed E-state index contributed by atoms with van der Waals surface area (Å²) in [5.74, 6) is -0.132.